The van der Waals surface area contributed by atoms with Gasteiger partial charge in [0.1, 0.15) is 0 Å². The van der Waals surface area contributed by atoms with Crippen LogP contribution in [-0.4, -0.2) is 35.7 Å². The van der Waals surface area contributed by atoms with Crippen LogP contribution in [0.3, 0.4) is 0 Å². The van der Waals surface area contributed by atoms with Gasteiger partial charge in [0.2, 0.25) is 0 Å². The zero-order valence-electron chi connectivity index (χ0n) is 13.7. The predicted octanol–water partition coefficient (Wildman–Crippen LogP) is 3.39. The third-order valence-corrected chi connectivity index (χ3v) is 4.88. The number of nitrogens with one attached hydrogen (secondary N) is 2. The van der Waals surface area contributed by atoms with Crippen LogP contribution in [-0.2, 0) is 0 Å². The Bertz CT molecular complexity index is 782. The van der Waals surface area contributed by atoms with E-state index in [2.05, 4.69) is 39.5 Å². The molecule has 1 amide bonds. The largest absolute Gasteiger partial charge is 0.370 e. The fourth-order valence-electron chi connectivity index (χ4n) is 2.38. The van der Waals surface area contributed by atoms with Crippen LogP contribution >= 0.6 is 11.3 Å². The molecule has 0 saturated carbocycles. The van der Waals surface area contributed by atoms with Crippen LogP contribution < -0.4 is 10.2 Å². The lowest BCUT2D eigenvalue weighted by Gasteiger charge is -2.27. The van der Waals surface area contributed by atoms with E-state index in [1.165, 1.54) is 0 Å². The Morgan fingerprint density at radius 1 is 1.29 bits per heavy atom. The van der Waals surface area contributed by atoms with Gasteiger partial charge in [-0.2, -0.15) is 5.10 Å². The molecule has 0 aliphatic rings. The summed E-state index contributed by atoms with van der Waals surface area (Å²) in [7, 11) is 2.02. The molecule has 2 N–H and O–H groups in total. The fourth-order valence-corrected chi connectivity index (χ4v) is 3.07. The van der Waals surface area contributed by atoms with E-state index in [9.17, 15) is 4.79 Å². The average Bonchev–Trinajstić information content (AvgIpc) is 3.30. The molecule has 1 aromatic carbocycles. The maximum Gasteiger partial charge on any atom is 0.271 e. The van der Waals surface area contributed by atoms with Gasteiger partial charge in [-0.15, -0.1) is 11.3 Å². The fraction of sp³-hybridized carbons (Fsp3) is 0.222. The lowest BCUT2D eigenvalue weighted by atomic mass is 10.2. The summed E-state index contributed by atoms with van der Waals surface area (Å²) in [5.41, 5.74) is 2.40. The van der Waals surface area contributed by atoms with Crippen molar-refractivity contribution in [2.24, 2.45) is 0 Å². The first-order valence-corrected chi connectivity index (χ1v) is 8.68. The smallest absolute Gasteiger partial charge is 0.271 e. The zero-order valence-corrected chi connectivity index (χ0v) is 14.5. The van der Waals surface area contributed by atoms with Gasteiger partial charge in [0, 0.05) is 25.3 Å². The molecule has 3 aromatic rings. The van der Waals surface area contributed by atoms with Crippen LogP contribution in [0.5, 0.6) is 0 Å². The summed E-state index contributed by atoms with van der Waals surface area (Å²) in [4.78, 5) is 15.5. The standard InChI is InChI=1S/C18H20N4OS/c1-13(22(2)14-7-4-3-5-8-14)12-19-18(23)16-11-15(20-21-16)17-9-6-10-24-17/h3-11,13H,12H2,1-2H3,(H,19,23)(H,20,21). The second-order valence-corrected chi connectivity index (χ2v) is 6.60. The second kappa shape index (κ2) is 7.31. The van der Waals surface area contributed by atoms with E-state index in [0.717, 1.165) is 16.3 Å². The van der Waals surface area contributed by atoms with Gasteiger partial charge in [-0.05, 0) is 36.6 Å². The van der Waals surface area contributed by atoms with Crippen LogP contribution in [0.4, 0.5) is 5.69 Å². The van der Waals surface area contributed by atoms with E-state index in [-0.39, 0.29) is 11.9 Å². The number of hydrogen-bond donors (Lipinski definition) is 2. The van der Waals surface area contributed by atoms with Crippen molar-refractivity contribution in [2.75, 3.05) is 18.5 Å². The first-order valence-electron chi connectivity index (χ1n) is 7.80. The Balaban J connectivity index is 1.57. The lowest BCUT2D eigenvalue weighted by Crippen LogP contribution is -2.40. The number of nitrogens with zero attached hydrogens (tertiary/aromatic N) is 2. The second-order valence-electron chi connectivity index (χ2n) is 5.65. The van der Waals surface area contributed by atoms with E-state index in [1.54, 1.807) is 17.4 Å². The number of carbonyl (C=O) groups excluding carboxylic acids is 1. The van der Waals surface area contributed by atoms with Crippen molar-refractivity contribution < 1.29 is 4.79 Å². The summed E-state index contributed by atoms with van der Waals surface area (Å²) < 4.78 is 0. The molecule has 1 atom stereocenters. The molecule has 6 heteroatoms. The number of hydrogen-bond acceptors (Lipinski definition) is 4. The number of anilines is 1. The van der Waals surface area contributed by atoms with E-state index >= 15 is 0 Å². The third kappa shape index (κ3) is 3.65. The van der Waals surface area contributed by atoms with Crippen LogP contribution in [0, 0.1) is 0 Å². The van der Waals surface area contributed by atoms with Crippen molar-refractivity contribution in [3.63, 3.8) is 0 Å². The topological polar surface area (TPSA) is 61.0 Å². The molecular weight excluding hydrogens is 320 g/mol. The molecule has 2 heterocycles. The molecule has 124 valence electrons. The molecule has 1 unspecified atom stereocenters. The number of aromatic nitrogens is 2. The highest BCUT2D eigenvalue weighted by Gasteiger charge is 2.15. The molecule has 0 aliphatic carbocycles. The number of H-pyrrole nitrogens is 1. The Hall–Kier alpha value is -2.60. The minimum atomic E-state index is -0.164. The third-order valence-electron chi connectivity index (χ3n) is 3.98. The van der Waals surface area contributed by atoms with E-state index in [0.29, 0.717) is 12.2 Å². The van der Waals surface area contributed by atoms with E-state index in [1.807, 2.05) is 42.8 Å². The Labute approximate surface area is 145 Å². The molecule has 3 rings (SSSR count). The van der Waals surface area contributed by atoms with Gasteiger partial charge in [0.25, 0.3) is 5.91 Å². The van der Waals surface area contributed by atoms with E-state index < -0.39 is 0 Å². The number of aromatic amines is 1. The summed E-state index contributed by atoms with van der Waals surface area (Å²) in [6.07, 6.45) is 0. The minimum absolute atomic E-state index is 0.164. The predicted molar refractivity (Wildman–Crippen MR) is 98.5 cm³/mol. The van der Waals surface area contributed by atoms with Crippen LogP contribution in [0.15, 0.2) is 53.9 Å². The normalized spacial score (nSPS) is 11.9. The molecule has 0 saturated heterocycles. The molecule has 0 aliphatic heterocycles. The maximum absolute atomic E-state index is 12.3. The van der Waals surface area contributed by atoms with Crippen molar-refractivity contribution in [1.29, 1.82) is 0 Å². The summed E-state index contributed by atoms with van der Waals surface area (Å²) >= 11 is 1.61. The maximum atomic E-state index is 12.3. The molecule has 0 fully saturated rings. The van der Waals surface area contributed by atoms with Gasteiger partial charge in [0.05, 0.1) is 10.6 Å². The summed E-state index contributed by atoms with van der Waals surface area (Å²) in [6, 6.07) is 16.0. The van der Waals surface area contributed by atoms with E-state index in [4.69, 9.17) is 0 Å². The van der Waals surface area contributed by atoms with Crippen molar-refractivity contribution in [3.8, 4) is 10.6 Å². The van der Waals surface area contributed by atoms with Crippen molar-refractivity contribution >= 4 is 22.9 Å². The summed E-state index contributed by atoms with van der Waals surface area (Å²) in [5, 5.41) is 12.0. The average molecular weight is 340 g/mol. The molecule has 24 heavy (non-hydrogen) atoms. The molecule has 0 bridgehead atoms. The number of benzene rings is 1. The zero-order chi connectivity index (χ0) is 16.9. The number of likely N-dealkylation sites (N-methyl/N-ethyl adjacent to an activating group) is 1. The van der Waals surface area contributed by atoms with Gasteiger partial charge < -0.3 is 10.2 Å². The molecule has 5 nitrogen and oxygen atoms in total. The van der Waals surface area contributed by atoms with Crippen molar-refractivity contribution in [2.45, 2.75) is 13.0 Å². The quantitative estimate of drug-likeness (QED) is 0.723. The van der Waals surface area contributed by atoms with Gasteiger partial charge in [0.15, 0.2) is 5.69 Å². The van der Waals surface area contributed by atoms with Crippen LogP contribution in [0.1, 0.15) is 17.4 Å². The van der Waals surface area contributed by atoms with Gasteiger partial charge >= 0.3 is 0 Å². The number of rotatable bonds is 6. The van der Waals surface area contributed by atoms with Gasteiger partial charge in [-0.25, -0.2) is 0 Å². The van der Waals surface area contributed by atoms with Crippen LogP contribution in [0.2, 0.25) is 0 Å². The minimum Gasteiger partial charge on any atom is -0.370 e. The Morgan fingerprint density at radius 2 is 2.08 bits per heavy atom. The van der Waals surface area contributed by atoms with Gasteiger partial charge in [-0.1, -0.05) is 24.3 Å². The number of amides is 1. The highest BCUT2D eigenvalue weighted by Crippen LogP contribution is 2.22. The van der Waals surface area contributed by atoms with Crippen molar-refractivity contribution in [3.05, 3.63) is 59.6 Å². The first kappa shape index (κ1) is 16.3. The monoisotopic (exact) mass is 340 g/mol. The number of carbonyl (C=O) groups is 1. The van der Waals surface area contributed by atoms with Crippen molar-refractivity contribution in [1.82, 2.24) is 15.5 Å². The molecule has 0 radical (unpaired) electrons. The highest BCUT2D eigenvalue weighted by molar-refractivity contribution is 7.13. The Morgan fingerprint density at radius 3 is 2.79 bits per heavy atom. The number of thiophene rings is 1. The highest BCUT2D eigenvalue weighted by atomic mass is 32.1. The molecule has 2 aromatic heterocycles. The first-order chi connectivity index (χ1) is 11.6. The lowest BCUT2D eigenvalue weighted by molar-refractivity contribution is 0.0946. The number of para-hydroxylation sites is 1. The summed E-state index contributed by atoms with van der Waals surface area (Å²) in [5.74, 6) is -0.164. The molecular formula is C18H20N4OS. The SMILES string of the molecule is CC(CNC(=O)c1cc(-c2cccs2)[nH]n1)N(C)c1ccccc1. The van der Waals surface area contributed by atoms with Gasteiger partial charge in [-0.3, -0.25) is 9.89 Å². The Kier molecular flexibility index (Phi) is 4.96. The van der Waals surface area contributed by atoms with Crippen LogP contribution in [0.25, 0.3) is 10.6 Å². The molecule has 0 spiro atoms. The summed E-state index contributed by atoms with van der Waals surface area (Å²) in [6.45, 7) is 2.63.